The summed E-state index contributed by atoms with van der Waals surface area (Å²) >= 11 is 3.06. The van der Waals surface area contributed by atoms with Crippen LogP contribution in [-0.2, 0) is 9.53 Å². The van der Waals surface area contributed by atoms with Crippen molar-refractivity contribution in [1.82, 2.24) is 0 Å². The van der Waals surface area contributed by atoms with Crippen LogP contribution in [0.15, 0.2) is 28.7 Å². The Morgan fingerprint density at radius 1 is 1.41 bits per heavy atom. The zero-order valence-electron chi connectivity index (χ0n) is 9.96. The summed E-state index contributed by atoms with van der Waals surface area (Å²) in [5, 5.41) is 0. The third-order valence-corrected chi connectivity index (χ3v) is 2.41. The number of rotatable bonds is 2. The molecule has 0 aliphatic carbocycles. The second-order valence-electron chi connectivity index (χ2n) is 4.54. The van der Waals surface area contributed by atoms with Crippen molar-refractivity contribution in [3.63, 3.8) is 0 Å². The van der Waals surface area contributed by atoms with Crippen molar-refractivity contribution in [2.24, 2.45) is 0 Å². The van der Waals surface area contributed by atoms with Crippen LogP contribution in [-0.4, -0.2) is 11.6 Å². The minimum Gasteiger partial charge on any atom is -0.457 e. The Bertz CT molecular complexity index is 447. The molecule has 92 valence electrons. The van der Waals surface area contributed by atoms with Gasteiger partial charge in [0.2, 0.25) is 0 Å². The molecule has 0 aliphatic heterocycles. The van der Waals surface area contributed by atoms with Crippen LogP contribution in [0.2, 0.25) is 0 Å². The molecule has 0 bridgehead atoms. The number of esters is 1. The number of carbonyl (C=O) groups excluding carboxylic acids is 1. The number of hydrogen-bond acceptors (Lipinski definition) is 2. The first-order valence-electron chi connectivity index (χ1n) is 5.14. The van der Waals surface area contributed by atoms with E-state index in [4.69, 9.17) is 4.74 Å². The summed E-state index contributed by atoms with van der Waals surface area (Å²) in [6, 6.07) is 4.63. The predicted molar refractivity (Wildman–Crippen MR) is 69.0 cm³/mol. The zero-order chi connectivity index (χ0) is 13.1. The Labute approximate surface area is 109 Å². The molecule has 1 aromatic rings. The van der Waals surface area contributed by atoms with Gasteiger partial charge in [0, 0.05) is 6.08 Å². The van der Waals surface area contributed by atoms with Crippen LogP contribution < -0.4 is 0 Å². The average molecular weight is 301 g/mol. The predicted octanol–water partition coefficient (Wildman–Crippen LogP) is 3.94. The highest BCUT2D eigenvalue weighted by Gasteiger charge is 2.13. The molecule has 0 N–H and O–H groups in total. The van der Waals surface area contributed by atoms with Crippen LogP contribution in [0.3, 0.4) is 0 Å². The SMILES string of the molecule is CC(C)(C)OC(=O)/C=C/c1ccc(Br)c(F)c1. The number of hydrogen-bond donors (Lipinski definition) is 0. The third-order valence-electron chi connectivity index (χ3n) is 1.76. The van der Waals surface area contributed by atoms with Gasteiger partial charge in [0.25, 0.3) is 0 Å². The Balaban J connectivity index is 2.71. The highest BCUT2D eigenvalue weighted by molar-refractivity contribution is 9.10. The molecule has 17 heavy (non-hydrogen) atoms. The van der Waals surface area contributed by atoms with Gasteiger partial charge in [-0.15, -0.1) is 0 Å². The van der Waals surface area contributed by atoms with Gasteiger partial charge in [-0.2, -0.15) is 0 Å². The molecule has 0 saturated carbocycles. The second kappa shape index (κ2) is 5.45. The van der Waals surface area contributed by atoms with E-state index in [1.807, 2.05) is 0 Å². The third kappa shape index (κ3) is 5.13. The molecule has 1 rings (SSSR count). The molecular weight excluding hydrogens is 287 g/mol. The van der Waals surface area contributed by atoms with Crippen molar-refractivity contribution >= 4 is 28.0 Å². The van der Waals surface area contributed by atoms with Gasteiger partial charge in [-0.25, -0.2) is 9.18 Å². The molecular formula is C13H14BrFO2. The number of carbonyl (C=O) groups is 1. The van der Waals surface area contributed by atoms with E-state index in [0.29, 0.717) is 10.0 Å². The normalized spacial score (nSPS) is 11.8. The molecule has 0 saturated heterocycles. The molecule has 0 radical (unpaired) electrons. The van der Waals surface area contributed by atoms with E-state index >= 15 is 0 Å². The van der Waals surface area contributed by atoms with Gasteiger partial charge in [-0.05, 0) is 60.5 Å². The van der Waals surface area contributed by atoms with E-state index in [9.17, 15) is 9.18 Å². The van der Waals surface area contributed by atoms with Crippen LogP contribution >= 0.6 is 15.9 Å². The second-order valence-corrected chi connectivity index (χ2v) is 5.39. The average Bonchev–Trinajstić information content (AvgIpc) is 2.17. The maximum atomic E-state index is 13.2. The quantitative estimate of drug-likeness (QED) is 0.611. The molecule has 0 heterocycles. The summed E-state index contributed by atoms with van der Waals surface area (Å²) in [5.41, 5.74) is 0.0865. The molecule has 0 atom stereocenters. The lowest BCUT2D eigenvalue weighted by molar-refractivity contribution is -0.148. The van der Waals surface area contributed by atoms with Crippen LogP contribution in [0.5, 0.6) is 0 Å². The van der Waals surface area contributed by atoms with Gasteiger partial charge in [-0.3, -0.25) is 0 Å². The largest absolute Gasteiger partial charge is 0.457 e. The van der Waals surface area contributed by atoms with Crippen molar-refractivity contribution in [3.8, 4) is 0 Å². The molecule has 0 unspecified atom stereocenters. The van der Waals surface area contributed by atoms with Crippen LogP contribution in [0, 0.1) is 5.82 Å². The zero-order valence-corrected chi connectivity index (χ0v) is 11.5. The fourth-order valence-corrected chi connectivity index (χ4v) is 1.36. The van der Waals surface area contributed by atoms with E-state index in [1.165, 1.54) is 18.2 Å². The number of halogens is 2. The fraction of sp³-hybridized carbons (Fsp3) is 0.308. The lowest BCUT2D eigenvalue weighted by atomic mass is 10.2. The van der Waals surface area contributed by atoms with Gasteiger partial charge in [0.05, 0.1) is 4.47 Å². The van der Waals surface area contributed by atoms with Gasteiger partial charge in [-0.1, -0.05) is 6.07 Å². The molecule has 1 aromatic carbocycles. The topological polar surface area (TPSA) is 26.3 Å². The molecule has 2 nitrogen and oxygen atoms in total. The summed E-state index contributed by atoms with van der Waals surface area (Å²) in [5.74, 6) is -0.808. The van der Waals surface area contributed by atoms with Crippen LogP contribution in [0.25, 0.3) is 6.08 Å². The van der Waals surface area contributed by atoms with Crippen molar-refractivity contribution in [2.75, 3.05) is 0 Å². The van der Waals surface area contributed by atoms with Gasteiger partial charge >= 0.3 is 5.97 Å². The van der Waals surface area contributed by atoms with E-state index in [1.54, 1.807) is 32.9 Å². The Morgan fingerprint density at radius 2 is 2.06 bits per heavy atom. The summed E-state index contributed by atoms with van der Waals surface area (Å²) in [7, 11) is 0. The van der Waals surface area contributed by atoms with Crippen LogP contribution in [0.1, 0.15) is 26.3 Å². The fourth-order valence-electron chi connectivity index (χ4n) is 1.12. The smallest absolute Gasteiger partial charge is 0.331 e. The van der Waals surface area contributed by atoms with Gasteiger partial charge in [0.1, 0.15) is 11.4 Å². The van der Waals surface area contributed by atoms with Crippen molar-refractivity contribution < 1.29 is 13.9 Å². The molecule has 0 amide bonds. The van der Waals surface area contributed by atoms with Crippen molar-refractivity contribution in [3.05, 3.63) is 40.1 Å². The highest BCUT2D eigenvalue weighted by Crippen LogP contribution is 2.17. The Morgan fingerprint density at radius 3 is 2.59 bits per heavy atom. The van der Waals surface area contributed by atoms with E-state index in [0.717, 1.165) is 0 Å². The van der Waals surface area contributed by atoms with E-state index in [2.05, 4.69) is 15.9 Å². The molecule has 0 aliphatic rings. The Hall–Kier alpha value is -1.16. The molecule has 0 fully saturated rings. The first-order chi connectivity index (χ1) is 7.78. The van der Waals surface area contributed by atoms with Crippen molar-refractivity contribution in [2.45, 2.75) is 26.4 Å². The Kier molecular flexibility index (Phi) is 4.46. The standard InChI is InChI=1S/C13H14BrFO2/c1-13(2,3)17-12(16)7-5-9-4-6-10(14)11(15)8-9/h4-8H,1-3H3/b7-5+. The summed E-state index contributed by atoms with van der Waals surface area (Å²) in [6.45, 7) is 5.37. The maximum Gasteiger partial charge on any atom is 0.331 e. The minimum absolute atomic E-state index is 0.365. The summed E-state index contributed by atoms with van der Waals surface area (Å²) < 4.78 is 18.7. The summed E-state index contributed by atoms with van der Waals surface area (Å²) in [6.07, 6.45) is 2.80. The number of benzene rings is 1. The van der Waals surface area contributed by atoms with E-state index < -0.39 is 11.6 Å². The first-order valence-corrected chi connectivity index (χ1v) is 5.93. The maximum absolute atomic E-state index is 13.2. The minimum atomic E-state index is -0.521. The van der Waals surface area contributed by atoms with Gasteiger partial charge < -0.3 is 4.74 Å². The van der Waals surface area contributed by atoms with E-state index in [-0.39, 0.29) is 5.82 Å². The summed E-state index contributed by atoms with van der Waals surface area (Å²) in [4.78, 5) is 11.4. The molecule has 4 heteroatoms. The number of ether oxygens (including phenoxy) is 1. The molecule has 0 aromatic heterocycles. The molecule has 0 spiro atoms. The highest BCUT2D eigenvalue weighted by atomic mass is 79.9. The first kappa shape index (κ1) is 13.9. The van der Waals surface area contributed by atoms with Gasteiger partial charge in [0.15, 0.2) is 0 Å². The van der Waals surface area contributed by atoms with Crippen molar-refractivity contribution in [1.29, 1.82) is 0 Å². The lowest BCUT2D eigenvalue weighted by Gasteiger charge is -2.17. The lowest BCUT2D eigenvalue weighted by Crippen LogP contribution is -2.22. The monoisotopic (exact) mass is 300 g/mol. The van der Waals surface area contributed by atoms with Crippen LogP contribution in [0.4, 0.5) is 4.39 Å².